The van der Waals surface area contributed by atoms with E-state index in [1.165, 1.54) is 0 Å². The molecule has 0 fully saturated rings. The van der Waals surface area contributed by atoms with E-state index >= 15 is 0 Å². The minimum absolute atomic E-state index is 0.514. The molecule has 0 amide bonds. The molecule has 0 N–H and O–H groups in total. The van der Waals surface area contributed by atoms with Crippen LogP contribution in [-0.2, 0) is 0 Å². The maximum atomic E-state index is 5.64. The Morgan fingerprint density at radius 1 is 1.70 bits per heavy atom. The van der Waals surface area contributed by atoms with E-state index in [9.17, 15) is 0 Å². The van der Waals surface area contributed by atoms with Crippen LogP contribution in [0, 0.1) is 0 Å². The van der Waals surface area contributed by atoms with Gasteiger partial charge in [-0.25, -0.2) is 4.98 Å². The summed E-state index contributed by atoms with van der Waals surface area (Å²) >= 11 is 5.64. The van der Waals surface area contributed by atoms with Crippen molar-refractivity contribution >= 4 is 17.2 Å². The van der Waals surface area contributed by atoms with Gasteiger partial charge >= 0.3 is 0 Å². The zero-order chi connectivity index (χ0) is 7.56. The van der Waals surface area contributed by atoms with Gasteiger partial charge in [0.1, 0.15) is 5.15 Å². The van der Waals surface area contributed by atoms with Crippen molar-refractivity contribution in [3.8, 4) is 0 Å². The van der Waals surface area contributed by atoms with E-state index in [0.29, 0.717) is 5.15 Å². The fourth-order valence-corrected chi connectivity index (χ4v) is 0.842. The van der Waals surface area contributed by atoms with Gasteiger partial charge in [-0.05, 0) is 24.6 Å². The molecule has 0 aliphatic carbocycles. The molecule has 1 aromatic heterocycles. The minimum Gasteiger partial charge on any atom is -0.245 e. The summed E-state index contributed by atoms with van der Waals surface area (Å²) < 4.78 is 0. The number of rotatable bonds is 1. The van der Waals surface area contributed by atoms with Crippen molar-refractivity contribution in [1.82, 2.24) is 4.98 Å². The zero-order valence-corrected chi connectivity index (χ0v) is 6.52. The fourth-order valence-electron chi connectivity index (χ4n) is 0.668. The van der Waals surface area contributed by atoms with Crippen molar-refractivity contribution in [3.05, 3.63) is 35.6 Å². The highest BCUT2D eigenvalue weighted by molar-refractivity contribution is 6.29. The van der Waals surface area contributed by atoms with E-state index in [1.807, 2.05) is 13.0 Å². The van der Waals surface area contributed by atoms with Gasteiger partial charge in [-0.3, -0.25) is 0 Å². The average Bonchev–Trinajstić information content (AvgIpc) is 1.88. The highest BCUT2D eigenvalue weighted by Gasteiger charge is 1.92. The maximum absolute atomic E-state index is 5.64. The molecule has 1 nitrogen and oxygen atoms in total. The largest absolute Gasteiger partial charge is 0.245 e. The molecule has 1 heterocycles. The Hall–Kier alpha value is -0.820. The molecular formula is C8H8ClN. The third-order valence-electron chi connectivity index (χ3n) is 1.22. The van der Waals surface area contributed by atoms with Gasteiger partial charge in [0.05, 0.1) is 0 Å². The molecule has 0 radical (unpaired) electrons. The second kappa shape index (κ2) is 2.84. The van der Waals surface area contributed by atoms with Gasteiger partial charge in [0.25, 0.3) is 0 Å². The number of nitrogens with zero attached hydrogens (tertiary/aromatic N) is 1. The summed E-state index contributed by atoms with van der Waals surface area (Å²) in [4.78, 5) is 3.85. The first-order valence-electron chi connectivity index (χ1n) is 2.97. The molecule has 0 aromatic carbocycles. The van der Waals surface area contributed by atoms with E-state index in [-0.39, 0.29) is 0 Å². The first kappa shape index (κ1) is 7.29. The lowest BCUT2D eigenvalue weighted by atomic mass is 10.1. The number of hydrogen-bond acceptors (Lipinski definition) is 1. The zero-order valence-electron chi connectivity index (χ0n) is 5.76. The van der Waals surface area contributed by atoms with Crippen LogP contribution in [0.5, 0.6) is 0 Å². The third-order valence-corrected chi connectivity index (χ3v) is 1.43. The Morgan fingerprint density at radius 3 is 2.80 bits per heavy atom. The highest BCUT2D eigenvalue weighted by atomic mass is 35.5. The number of hydrogen-bond donors (Lipinski definition) is 0. The Kier molecular flexibility index (Phi) is 2.07. The number of allylic oxidation sites excluding steroid dienone is 1. The van der Waals surface area contributed by atoms with Crippen LogP contribution in [-0.4, -0.2) is 4.98 Å². The first-order chi connectivity index (χ1) is 4.70. The molecule has 0 saturated heterocycles. The molecule has 0 aliphatic rings. The molecule has 0 unspecified atom stereocenters. The Bertz CT molecular complexity index is 255. The van der Waals surface area contributed by atoms with Crippen molar-refractivity contribution in [2.45, 2.75) is 6.92 Å². The van der Waals surface area contributed by atoms with Gasteiger partial charge in [0.15, 0.2) is 0 Å². The van der Waals surface area contributed by atoms with Crippen molar-refractivity contribution in [3.63, 3.8) is 0 Å². The number of halogens is 1. The van der Waals surface area contributed by atoms with Gasteiger partial charge < -0.3 is 0 Å². The van der Waals surface area contributed by atoms with Crippen LogP contribution >= 0.6 is 11.6 Å². The molecule has 0 spiro atoms. The van der Waals surface area contributed by atoms with Gasteiger partial charge in [-0.1, -0.05) is 23.8 Å². The van der Waals surface area contributed by atoms with Crippen molar-refractivity contribution in [2.24, 2.45) is 0 Å². The quantitative estimate of drug-likeness (QED) is 0.566. The number of aromatic nitrogens is 1. The maximum Gasteiger partial charge on any atom is 0.129 e. The van der Waals surface area contributed by atoms with Crippen molar-refractivity contribution in [2.75, 3.05) is 0 Å². The average molecular weight is 154 g/mol. The molecule has 0 atom stereocenters. The molecule has 52 valence electrons. The van der Waals surface area contributed by atoms with Gasteiger partial charge in [0, 0.05) is 6.20 Å². The van der Waals surface area contributed by atoms with Crippen LogP contribution in [0.4, 0.5) is 0 Å². The monoisotopic (exact) mass is 153 g/mol. The molecule has 0 saturated carbocycles. The van der Waals surface area contributed by atoms with E-state index in [2.05, 4.69) is 11.6 Å². The van der Waals surface area contributed by atoms with Gasteiger partial charge in [-0.2, -0.15) is 0 Å². The predicted molar refractivity (Wildman–Crippen MR) is 44.0 cm³/mol. The molecule has 1 aromatic rings. The molecule has 2 heteroatoms. The third kappa shape index (κ3) is 1.58. The first-order valence-corrected chi connectivity index (χ1v) is 3.35. The van der Waals surface area contributed by atoms with Gasteiger partial charge in [0.2, 0.25) is 0 Å². The Morgan fingerprint density at radius 2 is 2.40 bits per heavy atom. The summed E-state index contributed by atoms with van der Waals surface area (Å²) in [6.45, 7) is 5.72. The molecular weight excluding hydrogens is 146 g/mol. The van der Waals surface area contributed by atoms with Crippen LogP contribution in [0.15, 0.2) is 24.9 Å². The van der Waals surface area contributed by atoms with E-state index in [1.54, 1.807) is 12.3 Å². The summed E-state index contributed by atoms with van der Waals surface area (Å²) in [5.41, 5.74) is 2.05. The van der Waals surface area contributed by atoms with Crippen LogP contribution in [0.1, 0.15) is 12.5 Å². The standard InChI is InChI=1S/C8H8ClN/c1-6(2)7-3-4-10-8(9)5-7/h3-5H,1H2,2H3. The Balaban J connectivity index is 3.07. The lowest BCUT2D eigenvalue weighted by molar-refractivity contribution is 1.31. The number of pyridine rings is 1. The lowest BCUT2D eigenvalue weighted by Crippen LogP contribution is -1.79. The topological polar surface area (TPSA) is 12.9 Å². The lowest BCUT2D eigenvalue weighted by Gasteiger charge is -1.96. The molecule has 10 heavy (non-hydrogen) atoms. The van der Waals surface area contributed by atoms with Crippen molar-refractivity contribution in [1.29, 1.82) is 0 Å². The van der Waals surface area contributed by atoms with Gasteiger partial charge in [-0.15, -0.1) is 0 Å². The summed E-state index contributed by atoms with van der Waals surface area (Å²) in [6, 6.07) is 3.68. The summed E-state index contributed by atoms with van der Waals surface area (Å²) in [5, 5.41) is 0.514. The summed E-state index contributed by atoms with van der Waals surface area (Å²) in [5.74, 6) is 0. The highest BCUT2D eigenvalue weighted by Crippen LogP contribution is 2.13. The van der Waals surface area contributed by atoms with Crippen LogP contribution in [0.3, 0.4) is 0 Å². The van der Waals surface area contributed by atoms with E-state index in [4.69, 9.17) is 11.6 Å². The minimum atomic E-state index is 0.514. The molecule has 0 bridgehead atoms. The normalized spacial score (nSPS) is 9.40. The van der Waals surface area contributed by atoms with Crippen LogP contribution < -0.4 is 0 Å². The Labute approximate surface area is 65.4 Å². The predicted octanol–water partition coefficient (Wildman–Crippen LogP) is 2.77. The SMILES string of the molecule is C=C(C)c1ccnc(Cl)c1. The van der Waals surface area contributed by atoms with E-state index in [0.717, 1.165) is 11.1 Å². The summed E-state index contributed by atoms with van der Waals surface area (Å²) in [6.07, 6.45) is 1.67. The smallest absolute Gasteiger partial charge is 0.129 e. The van der Waals surface area contributed by atoms with Crippen LogP contribution in [0.2, 0.25) is 5.15 Å². The van der Waals surface area contributed by atoms with Crippen molar-refractivity contribution < 1.29 is 0 Å². The summed E-state index contributed by atoms with van der Waals surface area (Å²) in [7, 11) is 0. The van der Waals surface area contributed by atoms with Crippen LogP contribution in [0.25, 0.3) is 5.57 Å². The fraction of sp³-hybridized carbons (Fsp3) is 0.125. The second-order valence-corrected chi connectivity index (χ2v) is 2.53. The second-order valence-electron chi connectivity index (χ2n) is 2.15. The molecule has 1 rings (SSSR count). The molecule has 0 aliphatic heterocycles. The van der Waals surface area contributed by atoms with E-state index < -0.39 is 0 Å².